The lowest BCUT2D eigenvalue weighted by molar-refractivity contribution is -0.207. The molecule has 2 unspecified atom stereocenters. The lowest BCUT2D eigenvalue weighted by Crippen LogP contribution is -2.62. The molecule has 1 aliphatic heterocycles. The van der Waals surface area contributed by atoms with Crippen LogP contribution in [0.15, 0.2) is 30.9 Å². The molecule has 6 heteroatoms. The number of aromatic nitrogens is 2. The molecule has 0 aromatic carbocycles. The van der Waals surface area contributed by atoms with Crippen LogP contribution in [0, 0.1) is 5.41 Å². The molecular formula is C18H23N3O3. The number of rotatable bonds is 3. The second-order valence-corrected chi connectivity index (χ2v) is 6.86. The number of carbonyl (C=O) groups is 1. The molecule has 1 saturated carbocycles. The highest BCUT2D eigenvalue weighted by molar-refractivity contribution is 5.95. The number of imidazole rings is 1. The molecule has 0 bridgehead atoms. The van der Waals surface area contributed by atoms with Gasteiger partial charge in [-0.05, 0) is 31.9 Å². The van der Waals surface area contributed by atoms with Crippen molar-refractivity contribution in [2.75, 3.05) is 19.7 Å². The van der Waals surface area contributed by atoms with Crippen molar-refractivity contribution < 1.29 is 14.6 Å². The van der Waals surface area contributed by atoms with Crippen molar-refractivity contribution in [3.05, 3.63) is 36.4 Å². The number of likely N-dealkylation sites (tertiary alicyclic amines) is 1. The molecule has 24 heavy (non-hydrogen) atoms. The Bertz CT molecular complexity index is 747. The van der Waals surface area contributed by atoms with Crippen molar-refractivity contribution >= 4 is 11.4 Å². The van der Waals surface area contributed by atoms with Crippen LogP contribution in [0.25, 0.3) is 5.52 Å². The highest BCUT2D eigenvalue weighted by Crippen LogP contribution is 2.51. The van der Waals surface area contributed by atoms with Crippen LogP contribution in [-0.2, 0) is 4.74 Å². The summed E-state index contributed by atoms with van der Waals surface area (Å²) in [6.07, 6.45) is 7.51. The summed E-state index contributed by atoms with van der Waals surface area (Å²) in [5.74, 6) is 0.0512. The zero-order chi connectivity index (χ0) is 16.7. The first-order chi connectivity index (χ1) is 11.6. The Balaban J connectivity index is 1.46. The quantitative estimate of drug-likeness (QED) is 0.931. The van der Waals surface area contributed by atoms with Crippen LogP contribution >= 0.6 is 0 Å². The van der Waals surface area contributed by atoms with Crippen LogP contribution in [0.5, 0.6) is 0 Å². The topological polar surface area (TPSA) is 67.1 Å². The fourth-order valence-corrected chi connectivity index (χ4v) is 4.18. The number of hydrogen-bond acceptors (Lipinski definition) is 4. The summed E-state index contributed by atoms with van der Waals surface area (Å²) in [6.45, 7) is 4.00. The first kappa shape index (κ1) is 15.6. The van der Waals surface area contributed by atoms with Gasteiger partial charge in [0, 0.05) is 43.3 Å². The fourth-order valence-electron chi connectivity index (χ4n) is 4.18. The van der Waals surface area contributed by atoms with Gasteiger partial charge < -0.3 is 19.1 Å². The minimum Gasteiger partial charge on any atom is -0.392 e. The molecule has 128 valence electrons. The number of ether oxygens (including phenoxy) is 1. The summed E-state index contributed by atoms with van der Waals surface area (Å²) in [7, 11) is 0. The minimum atomic E-state index is -0.297. The molecule has 1 amide bonds. The first-order valence-corrected chi connectivity index (χ1v) is 8.65. The number of pyridine rings is 1. The van der Waals surface area contributed by atoms with Crippen molar-refractivity contribution in [1.82, 2.24) is 14.3 Å². The number of carbonyl (C=O) groups excluding carboxylic acids is 1. The third-order valence-electron chi connectivity index (χ3n) is 5.75. The normalized spacial score (nSPS) is 25.8. The highest BCUT2D eigenvalue weighted by atomic mass is 16.5. The van der Waals surface area contributed by atoms with Crippen molar-refractivity contribution in [3.8, 4) is 0 Å². The maximum atomic E-state index is 12.8. The minimum absolute atomic E-state index is 0.0512. The van der Waals surface area contributed by atoms with Gasteiger partial charge in [-0.3, -0.25) is 4.79 Å². The third kappa shape index (κ3) is 2.32. The van der Waals surface area contributed by atoms with Crippen LogP contribution in [0.1, 0.15) is 36.5 Å². The van der Waals surface area contributed by atoms with E-state index in [-0.39, 0.29) is 23.5 Å². The van der Waals surface area contributed by atoms with E-state index in [1.54, 1.807) is 12.5 Å². The number of hydrogen-bond donors (Lipinski definition) is 1. The van der Waals surface area contributed by atoms with Gasteiger partial charge in [0.05, 0.1) is 30.2 Å². The Morgan fingerprint density at radius 1 is 1.46 bits per heavy atom. The molecule has 4 rings (SSSR count). The van der Waals surface area contributed by atoms with Gasteiger partial charge in [0.2, 0.25) is 0 Å². The maximum absolute atomic E-state index is 12.8. The van der Waals surface area contributed by atoms with E-state index in [1.165, 1.54) is 0 Å². The average Bonchev–Trinajstić information content (AvgIpc) is 3.09. The Hall–Kier alpha value is -1.92. The standard InChI is InChI=1S/C18H23N3O3/c1-2-24-16-10-15(22)18(16)4-7-20(8-5-18)17(23)13-3-6-21-12-19-11-14(21)9-13/h3,6,9,11-12,15-16,22H,2,4-5,7-8,10H2,1H3. The summed E-state index contributed by atoms with van der Waals surface area (Å²) >= 11 is 0. The second-order valence-electron chi connectivity index (χ2n) is 6.86. The molecule has 1 aliphatic carbocycles. The monoisotopic (exact) mass is 329 g/mol. The van der Waals surface area contributed by atoms with E-state index in [0.29, 0.717) is 25.3 Å². The molecule has 2 aliphatic rings. The summed E-state index contributed by atoms with van der Waals surface area (Å²) < 4.78 is 7.68. The number of piperidine rings is 1. The van der Waals surface area contributed by atoms with Crippen molar-refractivity contribution in [2.45, 2.75) is 38.4 Å². The number of aliphatic hydroxyl groups excluding tert-OH is 1. The summed E-state index contributed by atoms with van der Waals surface area (Å²) in [6, 6.07) is 3.71. The molecule has 1 spiro atoms. The van der Waals surface area contributed by atoms with E-state index in [4.69, 9.17) is 4.74 Å². The van der Waals surface area contributed by atoms with E-state index in [9.17, 15) is 9.90 Å². The van der Waals surface area contributed by atoms with E-state index < -0.39 is 0 Å². The maximum Gasteiger partial charge on any atom is 0.253 e. The largest absolute Gasteiger partial charge is 0.392 e. The van der Waals surface area contributed by atoms with E-state index >= 15 is 0 Å². The van der Waals surface area contributed by atoms with Gasteiger partial charge in [-0.2, -0.15) is 0 Å². The van der Waals surface area contributed by atoms with Gasteiger partial charge >= 0.3 is 0 Å². The van der Waals surface area contributed by atoms with Crippen molar-refractivity contribution in [2.24, 2.45) is 5.41 Å². The zero-order valence-corrected chi connectivity index (χ0v) is 13.9. The summed E-state index contributed by atoms with van der Waals surface area (Å²) in [5.41, 5.74) is 1.46. The van der Waals surface area contributed by atoms with Gasteiger partial charge in [-0.15, -0.1) is 0 Å². The summed E-state index contributed by atoms with van der Waals surface area (Å²) in [5, 5.41) is 10.3. The third-order valence-corrected chi connectivity index (χ3v) is 5.75. The van der Waals surface area contributed by atoms with Crippen LogP contribution in [-0.4, -0.2) is 57.2 Å². The molecular weight excluding hydrogens is 306 g/mol. The number of fused-ring (bicyclic) bond motifs is 1. The molecule has 2 aromatic rings. The SMILES string of the molecule is CCOC1CC(O)C12CCN(C(=O)c1ccn3cncc3c1)CC2. The molecule has 2 aromatic heterocycles. The van der Waals surface area contributed by atoms with E-state index in [0.717, 1.165) is 24.8 Å². The van der Waals surface area contributed by atoms with Gasteiger partial charge in [-0.25, -0.2) is 4.98 Å². The molecule has 2 atom stereocenters. The molecule has 0 radical (unpaired) electrons. The molecule has 1 N–H and O–H groups in total. The predicted octanol–water partition coefficient (Wildman–Crippen LogP) is 1.73. The lowest BCUT2D eigenvalue weighted by atomic mass is 9.58. The Morgan fingerprint density at radius 2 is 2.25 bits per heavy atom. The Morgan fingerprint density at radius 3 is 2.96 bits per heavy atom. The molecule has 1 saturated heterocycles. The van der Waals surface area contributed by atoms with Gasteiger partial charge in [0.1, 0.15) is 0 Å². The van der Waals surface area contributed by atoms with Crippen LogP contribution in [0.4, 0.5) is 0 Å². The fraction of sp³-hybridized carbons (Fsp3) is 0.556. The van der Waals surface area contributed by atoms with Gasteiger partial charge in [0.15, 0.2) is 0 Å². The lowest BCUT2D eigenvalue weighted by Gasteiger charge is -2.56. The van der Waals surface area contributed by atoms with Crippen LogP contribution < -0.4 is 0 Å². The average molecular weight is 329 g/mol. The van der Waals surface area contributed by atoms with Gasteiger partial charge in [0.25, 0.3) is 5.91 Å². The van der Waals surface area contributed by atoms with E-state index in [1.807, 2.05) is 34.6 Å². The number of aliphatic hydroxyl groups is 1. The van der Waals surface area contributed by atoms with Crippen molar-refractivity contribution in [3.63, 3.8) is 0 Å². The first-order valence-electron chi connectivity index (χ1n) is 8.65. The zero-order valence-electron chi connectivity index (χ0n) is 13.9. The van der Waals surface area contributed by atoms with Crippen LogP contribution in [0.3, 0.4) is 0 Å². The molecule has 3 heterocycles. The Labute approximate surface area is 141 Å². The second kappa shape index (κ2) is 5.86. The Kier molecular flexibility index (Phi) is 3.81. The summed E-state index contributed by atoms with van der Waals surface area (Å²) in [4.78, 5) is 18.7. The highest BCUT2D eigenvalue weighted by Gasteiger charge is 2.56. The van der Waals surface area contributed by atoms with E-state index in [2.05, 4.69) is 4.98 Å². The molecule has 6 nitrogen and oxygen atoms in total. The smallest absolute Gasteiger partial charge is 0.253 e. The van der Waals surface area contributed by atoms with Crippen LogP contribution in [0.2, 0.25) is 0 Å². The van der Waals surface area contributed by atoms with Crippen molar-refractivity contribution in [1.29, 1.82) is 0 Å². The predicted molar refractivity (Wildman–Crippen MR) is 88.8 cm³/mol. The number of amides is 1. The van der Waals surface area contributed by atoms with Gasteiger partial charge in [-0.1, -0.05) is 0 Å². The number of nitrogens with zero attached hydrogens (tertiary/aromatic N) is 3. The molecule has 2 fully saturated rings.